The molecule has 8 nitrogen and oxygen atoms in total. The molecule has 0 atom stereocenters. The third kappa shape index (κ3) is 3.53. The van der Waals surface area contributed by atoms with Crippen molar-refractivity contribution in [3.05, 3.63) is 33.4 Å². The number of nitrogens with zero attached hydrogens (tertiary/aromatic N) is 5. The maximum atomic E-state index is 5.68. The van der Waals surface area contributed by atoms with Crippen LogP contribution in [0.15, 0.2) is 35.3 Å². The summed E-state index contributed by atoms with van der Waals surface area (Å²) in [6.07, 6.45) is 0. The molecule has 0 unspecified atom stereocenters. The number of aryl methyl sites for hydroxylation is 2. The molecule has 0 aliphatic rings. The van der Waals surface area contributed by atoms with Crippen LogP contribution in [0.25, 0.3) is 22.4 Å². The lowest BCUT2D eigenvalue weighted by Gasteiger charge is -1.91. The largest absolute Gasteiger partial charge is 0.444 e. The lowest BCUT2D eigenvalue weighted by atomic mass is 10.4. The molecule has 0 bridgehead atoms. The van der Waals surface area contributed by atoms with E-state index in [9.17, 15) is 0 Å². The second-order valence-corrected chi connectivity index (χ2v) is 7.83. The molecule has 25 heavy (non-hydrogen) atoms. The topological polar surface area (TPSA) is 104 Å². The summed E-state index contributed by atoms with van der Waals surface area (Å²) in [7, 11) is 0. The summed E-state index contributed by atoms with van der Waals surface area (Å²) in [5.41, 5.74) is 0.883. The minimum Gasteiger partial charge on any atom is -0.444 e. The first-order valence-electron chi connectivity index (χ1n) is 7.07. The Kier molecular flexibility index (Phi) is 4.44. The van der Waals surface area contributed by atoms with Gasteiger partial charge < -0.3 is 13.3 Å². The highest BCUT2D eigenvalue weighted by molar-refractivity contribution is 9.10. The average Bonchev–Trinajstić information content (AvgIpc) is 3.33. The van der Waals surface area contributed by atoms with Crippen LogP contribution in [0.4, 0.5) is 0 Å². The van der Waals surface area contributed by atoms with Crippen LogP contribution in [-0.4, -0.2) is 25.4 Å². The Morgan fingerprint density at radius 1 is 1.04 bits per heavy atom. The minimum atomic E-state index is 0.322. The maximum Gasteiger partial charge on any atom is 0.283 e. The van der Waals surface area contributed by atoms with Crippen molar-refractivity contribution in [1.29, 1.82) is 0 Å². The average molecular weight is 440 g/mol. The summed E-state index contributed by atoms with van der Waals surface area (Å²) in [6.45, 7) is 3.86. The van der Waals surface area contributed by atoms with Crippen LogP contribution in [0.1, 0.15) is 16.6 Å². The Balaban J connectivity index is 1.44. The molecule has 4 aromatic rings. The fraction of sp³-hybridized carbons (Fsp3) is 0.214. The first kappa shape index (κ1) is 16.5. The van der Waals surface area contributed by atoms with Crippen LogP contribution < -0.4 is 0 Å². The van der Waals surface area contributed by atoms with Crippen LogP contribution in [0.5, 0.6) is 0 Å². The molecule has 0 spiro atoms. The highest BCUT2D eigenvalue weighted by Crippen LogP contribution is 2.31. The Hall–Kier alpha value is -1.98. The summed E-state index contributed by atoms with van der Waals surface area (Å²) >= 11 is 6.08. The quantitative estimate of drug-likeness (QED) is 0.415. The zero-order chi connectivity index (χ0) is 17.4. The zero-order valence-corrected chi connectivity index (χ0v) is 16.2. The summed E-state index contributed by atoms with van der Waals surface area (Å²) < 4.78 is 17.2. The second kappa shape index (κ2) is 6.73. The monoisotopic (exact) mass is 439 g/mol. The number of thioether (sulfide) groups is 1. The van der Waals surface area contributed by atoms with Gasteiger partial charge in [0.25, 0.3) is 17.0 Å². The van der Waals surface area contributed by atoms with Gasteiger partial charge in [-0.3, -0.25) is 0 Å². The molecular weight excluding hydrogens is 430 g/mol. The van der Waals surface area contributed by atoms with Crippen LogP contribution in [0, 0.1) is 13.8 Å². The Bertz CT molecular complexity index is 1020. The third-order valence-electron chi connectivity index (χ3n) is 3.07. The van der Waals surface area contributed by atoms with E-state index in [-0.39, 0.29) is 0 Å². The fourth-order valence-corrected chi connectivity index (χ4v) is 3.80. The predicted octanol–water partition coefficient (Wildman–Crippen LogP) is 4.51. The Morgan fingerprint density at radius 3 is 2.60 bits per heavy atom. The number of furan rings is 1. The molecule has 4 aromatic heterocycles. The van der Waals surface area contributed by atoms with E-state index in [2.05, 4.69) is 41.3 Å². The molecule has 0 radical (unpaired) electrons. The van der Waals surface area contributed by atoms with Gasteiger partial charge in [-0.25, -0.2) is 4.98 Å². The number of hydrogen-bond acceptors (Lipinski definition) is 10. The van der Waals surface area contributed by atoms with Crippen LogP contribution in [-0.2, 0) is 5.75 Å². The summed E-state index contributed by atoms with van der Waals surface area (Å²) in [5, 5.41) is 17.5. The van der Waals surface area contributed by atoms with Crippen molar-refractivity contribution in [2.45, 2.75) is 24.8 Å². The predicted molar refractivity (Wildman–Crippen MR) is 94.1 cm³/mol. The van der Waals surface area contributed by atoms with Crippen molar-refractivity contribution in [2.24, 2.45) is 0 Å². The van der Waals surface area contributed by atoms with E-state index in [4.69, 9.17) is 13.3 Å². The first-order chi connectivity index (χ1) is 12.1. The molecule has 0 aromatic carbocycles. The summed E-state index contributed by atoms with van der Waals surface area (Å²) in [6, 6.07) is 3.51. The van der Waals surface area contributed by atoms with Crippen molar-refractivity contribution < 1.29 is 13.3 Å². The lowest BCUT2D eigenvalue weighted by molar-refractivity contribution is 0.463. The van der Waals surface area contributed by atoms with Crippen LogP contribution in [0.3, 0.4) is 0 Å². The number of halogens is 1. The molecule has 0 N–H and O–H groups in total. The smallest absolute Gasteiger partial charge is 0.283 e. The van der Waals surface area contributed by atoms with Gasteiger partial charge in [0.2, 0.25) is 5.89 Å². The molecule has 4 rings (SSSR count). The Labute approximate surface area is 158 Å². The lowest BCUT2D eigenvalue weighted by Crippen LogP contribution is -1.80. The van der Waals surface area contributed by atoms with Gasteiger partial charge in [0, 0.05) is 0 Å². The number of aromatic nitrogens is 5. The van der Waals surface area contributed by atoms with E-state index in [0.29, 0.717) is 39.1 Å². The molecular formula is C14H10BrN5O3S2. The van der Waals surface area contributed by atoms with E-state index in [1.54, 1.807) is 12.1 Å². The number of hydrogen-bond donors (Lipinski definition) is 0. The molecule has 0 fully saturated rings. The Morgan fingerprint density at radius 2 is 1.88 bits per heavy atom. The highest BCUT2D eigenvalue weighted by Gasteiger charge is 2.17. The van der Waals surface area contributed by atoms with Crippen molar-refractivity contribution >= 4 is 39.0 Å². The fourth-order valence-electron chi connectivity index (χ4n) is 2.05. The van der Waals surface area contributed by atoms with E-state index < -0.39 is 0 Å². The van der Waals surface area contributed by atoms with Crippen LogP contribution >= 0.6 is 39.0 Å². The van der Waals surface area contributed by atoms with Gasteiger partial charge in [-0.1, -0.05) is 11.8 Å². The van der Waals surface area contributed by atoms with E-state index in [1.807, 2.05) is 13.8 Å². The third-order valence-corrected chi connectivity index (χ3v) is 5.36. The maximum absolute atomic E-state index is 5.68. The minimum absolute atomic E-state index is 0.322. The van der Waals surface area contributed by atoms with Crippen molar-refractivity contribution in [1.82, 2.24) is 25.4 Å². The van der Waals surface area contributed by atoms with E-state index in [1.165, 1.54) is 23.1 Å². The van der Waals surface area contributed by atoms with Gasteiger partial charge in [-0.15, -0.1) is 31.7 Å². The highest BCUT2D eigenvalue weighted by atomic mass is 79.9. The summed E-state index contributed by atoms with van der Waals surface area (Å²) in [5.74, 6) is 2.15. The standard InChI is InChI=1S/C14H10BrN5O3S2/c1-6-11(25-7(2)16-6)13-19-20-14(23-13)24-5-10-17-18-12(22-10)8-3-4-9(15)21-8/h3-4H,5H2,1-2H3. The van der Waals surface area contributed by atoms with Gasteiger partial charge in [-0.2, -0.15) is 0 Å². The SMILES string of the molecule is Cc1nc(C)c(-c2nnc(SCc3nnc(-c4ccc(Br)o4)o3)o2)s1. The van der Waals surface area contributed by atoms with Crippen molar-refractivity contribution in [3.63, 3.8) is 0 Å². The first-order valence-corrected chi connectivity index (χ1v) is 9.67. The van der Waals surface area contributed by atoms with Gasteiger partial charge in [-0.05, 0) is 41.9 Å². The molecule has 11 heteroatoms. The van der Waals surface area contributed by atoms with Gasteiger partial charge in [0.1, 0.15) is 4.88 Å². The molecule has 0 saturated carbocycles. The molecule has 128 valence electrons. The van der Waals surface area contributed by atoms with Crippen molar-refractivity contribution in [3.8, 4) is 22.4 Å². The van der Waals surface area contributed by atoms with Gasteiger partial charge >= 0.3 is 0 Å². The van der Waals surface area contributed by atoms with E-state index >= 15 is 0 Å². The molecule has 0 aliphatic heterocycles. The van der Waals surface area contributed by atoms with E-state index in [0.717, 1.165) is 15.6 Å². The van der Waals surface area contributed by atoms with Gasteiger partial charge in [0.05, 0.1) is 16.5 Å². The van der Waals surface area contributed by atoms with Gasteiger partial charge in [0.15, 0.2) is 10.4 Å². The normalized spacial score (nSPS) is 11.3. The molecule has 0 saturated heterocycles. The van der Waals surface area contributed by atoms with Crippen molar-refractivity contribution in [2.75, 3.05) is 0 Å². The number of rotatable bonds is 5. The molecule has 0 amide bonds. The number of thiazole rings is 1. The second-order valence-electron chi connectivity index (χ2n) is 4.91. The van der Waals surface area contributed by atoms with Crippen LogP contribution in [0.2, 0.25) is 0 Å². The molecule has 4 heterocycles. The summed E-state index contributed by atoms with van der Waals surface area (Å²) in [4.78, 5) is 5.25. The zero-order valence-electron chi connectivity index (χ0n) is 13.0. The molecule has 0 aliphatic carbocycles.